The van der Waals surface area contributed by atoms with Crippen molar-refractivity contribution in [2.24, 2.45) is 0 Å². The van der Waals surface area contributed by atoms with Crippen LogP contribution in [0.2, 0.25) is 0 Å². The van der Waals surface area contributed by atoms with E-state index >= 15 is 0 Å². The smallest absolute Gasteiger partial charge is 0.266 e. The van der Waals surface area contributed by atoms with Gasteiger partial charge in [0.15, 0.2) is 0 Å². The fraction of sp³-hybridized carbons (Fsp3) is 0.167. The predicted octanol–water partition coefficient (Wildman–Crippen LogP) is 2.31. The minimum absolute atomic E-state index is 0.227. The molecule has 2 aromatic rings. The molecule has 1 heterocycles. The molecule has 0 fully saturated rings. The summed E-state index contributed by atoms with van der Waals surface area (Å²) in [6.45, 7) is 0.426. The molecule has 0 radical (unpaired) electrons. The van der Waals surface area contributed by atoms with Gasteiger partial charge in [-0.1, -0.05) is 0 Å². The highest BCUT2D eigenvalue weighted by molar-refractivity contribution is 14.1. The Hall–Kier alpha value is -1.51. The Morgan fingerprint density at radius 1 is 1.26 bits per heavy atom. The van der Waals surface area contributed by atoms with Crippen LogP contribution in [-0.4, -0.2) is 16.5 Å². The third-order valence-corrected chi connectivity index (χ3v) is 3.43. The van der Waals surface area contributed by atoms with E-state index in [9.17, 15) is 13.6 Å². The fourth-order valence-electron chi connectivity index (χ4n) is 1.59. The van der Waals surface area contributed by atoms with Gasteiger partial charge >= 0.3 is 0 Å². The largest absolute Gasteiger partial charge is 0.369 e. The first-order valence-electron chi connectivity index (χ1n) is 5.48. The summed E-state index contributed by atoms with van der Waals surface area (Å²) in [5.41, 5.74) is 0.319. The summed E-state index contributed by atoms with van der Waals surface area (Å²) < 4.78 is 26.4. The van der Waals surface area contributed by atoms with E-state index < -0.39 is 11.6 Å². The number of anilines is 1. The normalized spacial score (nSPS) is 10.5. The molecule has 0 amide bonds. The maximum absolute atomic E-state index is 13.0. The maximum Gasteiger partial charge on any atom is 0.266 e. The molecule has 1 aromatic heterocycles. The van der Waals surface area contributed by atoms with E-state index in [0.29, 0.717) is 27.9 Å². The molecule has 0 bridgehead atoms. The van der Waals surface area contributed by atoms with Gasteiger partial charge in [0.25, 0.3) is 5.56 Å². The fourth-order valence-corrected chi connectivity index (χ4v) is 2.07. The standard InChI is InChI=1S/C12H10F2IN3O/c13-8-3-7(4-9(14)5-8)1-2-16-11-10(15)12(19)18-6-17-11/h3-6H,1-2H2,(H2,16,17,18,19). The highest BCUT2D eigenvalue weighted by Gasteiger charge is 2.05. The first-order chi connectivity index (χ1) is 9.06. The Morgan fingerprint density at radius 3 is 2.63 bits per heavy atom. The number of benzene rings is 1. The molecule has 0 atom stereocenters. The molecule has 19 heavy (non-hydrogen) atoms. The van der Waals surface area contributed by atoms with Crippen molar-refractivity contribution in [1.82, 2.24) is 9.97 Å². The van der Waals surface area contributed by atoms with E-state index in [2.05, 4.69) is 15.3 Å². The lowest BCUT2D eigenvalue weighted by molar-refractivity contribution is 0.580. The summed E-state index contributed by atoms with van der Waals surface area (Å²) in [5, 5.41) is 2.96. The van der Waals surface area contributed by atoms with Crippen molar-refractivity contribution in [1.29, 1.82) is 0 Å². The van der Waals surface area contributed by atoms with Crippen LogP contribution in [0.5, 0.6) is 0 Å². The Morgan fingerprint density at radius 2 is 1.95 bits per heavy atom. The van der Waals surface area contributed by atoms with E-state index in [1.165, 1.54) is 18.5 Å². The number of halogens is 3. The zero-order valence-corrected chi connectivity index (χ0v) is 11.9. The monoisotopic (exact) mass is 377 g/mol. The molecular formula is C12H10F2IN3O. The number of hydrogen-bond donors (Lipinski definition) is 2. The molecular weight excluding hydrogens is 367 g/mol. The zero-order valence-electron chi connectivity index (χ0n) is 9.71. The zero-order chi connectivity index (χ0) is 13.8. The SMILES string of the molecule is O=c1[nH]cnc(NCCc2cc(F)cc(F)c2)c1I. The van der Waals surface area contributed by atoms with Crippen molar-refractivity contribution in [2.45, 2.75) is 6.42 Å². The number of nitrogens with zero attached hydrogens (tertiary/aromatic N) is 1. The Labute approximate surface area is 121 Å². The van der Waals surface area contributed by atoms with E-state index in [4.69, 9.17) is 0 Å². The number of hydrogen-bond acceptors (Lipinski definition) is 3. The summed E-state index contributed by atoms with van der Waals surface area (Å²) in [5.74, 6) is -0.737. The first kappa shape index (κ1) is 13.9. The van der Waals surface area contributed by atoms with Gasteiger partial charge in [0.1, 0.15) is 21.0 Å². The molecule has 0 saturated carbocycles. The maximum atomic E-state index is 13.0. The lowest BCUT2D eigenvalue weighted by atomic mass is 10.1. The molecule has 4 nitrogen and oxygen atoms in total. The topological polar surface area (TPSA) is 57.8 Å². The molecule has 7 heteroatoms. The molecule has 0 aliphatic rings. The number of aromatic amines is 1. The van der Waals surface area contributed by atoms with Crippen LogP contribution in [-0.2, 0) is 6.42 Å². The highest BCUT2D eigenvalue weighted by Crippen LogP contribution is 2.11. The van der Waals surface area contributed by atoms with Crippen LogP contribution in [0.1, 0.15) is 5.56 Å². The lowest BCUT2D eigenvalue weighted by Crippen LogP contribution is -2.16. The van der Waals surface area contributed by atoms with Crippen LogP contribution < -0.4 is 10.9 Å². The molecule has 2 N–H and O–H groups in total. The molecule has 0 spiro atoms. The molecule has 0 saturated heterocycles. The second-order valence-corrected chi connectivity index (χ2v) is 4.93. The summed E-state index contributed by atoms with van der Waals surface area (Å²) in [7, 11) is 0. The number of nitrogens with one attached hydrogen (secondary N) is 2. The average Bonchev–Trinajstić information content (AvgIpc) is 2.33. The van der Waals surface area contributed by atoms with Crippen LogP contribution in [0.3, 0.4) is 0 Å². The second-order valence-electron chi connectivity index (χ2n) is 3.85. The van der Waals surface area contributed by atoms with Crippen molar-refractivity contribution in [3.05, 3.63) is 55.6 Å². The number of H-pyrrole nitrogens is 1. The van der Waals surface area contributed by atoms with Gasteiger partial charge in [-0.05, 0) is 46.7 Å². The molecule has 0 unspecified atom stereocenters. The first-order valence-corrected chi connectivity index (χ1v) is 6.56. The number of rotatable bonds is 4. The van der Waals surface area contributed by atoms with Crippen LogP contribution in [0.4, 0.5) is 14.6 Å². The van der Waals surface area contributed by atoms with E-state index in [-0.39, 0.29) is 5.56 Å². The van der Waals surface area contributed by atoms with E-state index in [1.54, 1.807) is 0 Å². The number of aromatic nitrogens is 2. The third-order valence-electron chi connectivity index (χ3n) is 2.43. The van der Waals surface area contributed by atoms with Crippen molar-refractivity contribution < 1.29 is 8.78 Å². The van der Waals surface area contributed by atoms with Crippen molar-refractivity contribution >= 4 is 28.4 Å². The van der Waals surface area contributed by atoms with Gasteiger partial charge in [0.05, 0.1) is 6.33 Å². The van der Waals surface area contributed by atoms with Crippen LogP contribution in [0.15, 0.2) is 29.3 Å². The summed E-state index contributed by atoms with van der Waals surface area (Å²) in [6.07, 6.45) is 1.73. The Balaban J connectivity index is 2.00. The van der Waals surface area contributed by atoms with Gasteiger partial charge in [-0.3, -0.25) is 4.79 Å². The van der Waals surface area contributed by atoms with Gasteiger partial charge in [-0.2, -0.15) is 0 Å². The van der Waals surface area contributed by atoms with Gasteiger partial charge in [-0.15, -0.1) is 0 Å². The quantitative estimate of drug-likeness (QED) is 0.805. The average molecular weight is 377 g/mol. The molecule has 0 aliphatic heterocycles. The molecule has 2 rings (SSSR count). The van der Waals surface area contributed by atoms with Crippen LogP contribution in [0, 0.1) is 15.2 Å². The summed E-state index contributed by atoms with van der Waals surface area (Å²) >= 11 is 1.88. The van der Waals surface area contributed by atoms with Gasteiger partial charge < -0.3 is 10.3 Å². The minimum atomic E-state index is -0.598. The molecule has 1 aromatic carbocycles. The molecule has 0 aliphatic carbocycles. The molecule has 100 valence electrons. The van der Waals surface area contributed by atoms with E-state index in [0.717, 1.165) is 6.07 Å². The Bertz CT molecular complexity index is 625. The lowest BCUT2D eigenvalue weighted by Gasteiger charge is -2.07. The highest BCUT2D eigenvalue weighted by atomic mass is 127. The summed E-state index contributed by atoms with van der Waals surface area (Å²) in [6, 6.07) is 3.39. The van der Waals surface area contributed by atoms with E-state index in [1.807, 2.05) is 22.6 Å². The second kappa shape index (κ2) is 6.09. The Kier molecular flexibility index (Phi) is 4.46. The minimum Gasteiger partial charge on any atom is -0.369 e. The summed E-state index contributed by atoms with van der Waals surface area (Å²) in [4.78, 5) is 17.8. The van der Waals surface area contributed by atoms with Gasteiger partial charge in [0, 0.05) is 12.6 Å². The van der Waals surface area contributed by atoms with Gasteiger partial charge in [-0.25, -0.2) is 13.8 Å². The van der Waals surface area contributed by atoms with Gasteiger partial charge in [0.2, 0.25) is 0 Å². The van der Waals surface area contributed by atoms with Crippen LogP contribution >= 0.6 is 22.6 Å². The van der Waals surface area contributed by atoms with Crippen molar-refractivity contribution in [2.75, 3.05) is 11.9 Å². The van der Waals surface area contributed by atoms with Crippen molar-refractivity contribution in [3.8, 4) is 0 Å². The van der Waals surface area contributed by atoms with Crippen molar-refractivity contribution in [3.63, 3.8) is 0 Å². The van der Waals surface area contributed by atoms with Crippen LogP contribution in [0.25, 0.3) is 0 Å². The third kappa shape index (κ3) is 3.72. The predicted molar refractivity (Wildman–Crippen MR) is 76.1 cm³/mol.